The van der Waals surface area contributed by atoms with E-state index in [1.54, 1.807) is 6.08 Å². The highest BCUT2D eigenvalue weighted by atomic mass is 16.7. The largest absolute Gasteiger partial charge is 0.494 e. The van der Waals surface area contributed by atoms with E-state index in [1.807, 2.05) is 31.2 Å². The zero-order chi connectivity index (χ0) is 12.9. The van der Waals surface area contributed by atoms with Crippen molar-refractivity contribution in [2.24, 2.45) is 5.92 Å². The highest BCUT2D eigenvalue weighted by Crippen LogP contribution is 2.31. The van der Waals surface area contributed by atoms with Crippen molar-refractivity contribution in [2.45, 2.75) is 19.6 Å². The van der Waals surface area contributed by atoms with Gasteiger partial charge in [0.1, 0.15) is 0 Å². The highest BCUT2D eigenvalue weighted by molar-refractivity contribution is 5.67. The van der Waals surface area contributed by atoms with E-state index >= 15 is 0 Å². The Morgan fingerprint density at radius 1 is 1.47 bits per heavy atom. The van der Waals surface area contributed by atoms with Crippen LogP contribution in [0.4, 0.5) is 0 Å². The SMILES string of the molecule is C/C=C\C1C=CC(OC)(OC(C)=O)C(OC)=C1. The van der Waals surface area contributed by atoms with E-state index in [1.165, 1.54) is 21.1 Å². The van der Waals surface area contributed by atoms with Crippen LogP contribution in [0.5, 0.6) is 0 Å². The molecule has 0 fully saturated rings. The summed E-state index contributed by atoms with van der Waals surface area (Å²) in [7, 11) is 2.99. The van der Waals surface area contributed by atoms with Gasteiger partial charge >= 0.3 is 5.97 Å². The Hall–Kier alpha value is -1.55. The molecular formula is C13H18O4. The molecule has 0 aromatic heterocycles. The minimum Gasteiger partial charge on any atom is -0.494 e. The van der Waals surface area contributed by atoms with Crippen LogP contribution in [0.15, 0.2) is 36.1 Å². The van der Waals surface area contributed by atoms with Gasteiger partial charge in [-0.15, -0.1) is 0 Å². The van der Waals surface area contributed by atoms with Crippen molar-refractivity contribution in [1.29, 1.82) is 0 Å². The van der Waals surface area contributed by atoms with Crippen LogP contribution in [0.1, 0.15) is 13.8 Å². The van der Waals surface area contributed by atoms with Crippen molar-refractivity contribution in [3.8, 4) is 0 Å². The van der Waals surface area contributed by atoms with Gasteiger partial charge in [0.05, 0.1) is 7.11 Å². The second kappa shape index (κ2) is 5.68. The second-order valence-electron chi connectivity index (χ2n) is 3.66. The van der Waals surface area contributed by atoms with Gasteiger partial charge in [0, 0.05) is 20.0 Å². The Kier molecular flexibility index (Phi) is 4.52. The molecule has 0 spiro atoms. The number of hydrogen-bond acceptors (Lipinski definition) is 4. The molecule has 0 saturated carbocycles. The predicted molar refractivity (Wildman–Crippen MR) is 64.0 cm³/mol. The van der Waals surface area contributed by atoms with Crippen LogP contribution >= 0.6 is 0 Å². The molecule has 0 N–H and O–H groups in total. The van der Waals surface area contributed by atoms with Gasteiger partial charge in [0.2, 0.25) is 0 Å². The number of hydrogen-bond donors (Lipinski definition) is 0. The van der Waals surface area contributed by atoms with E-state index in [2.05, 4.69) is 0 Å². The van der Waals surface area contributed by atoms with Crippen molar-refractivity contribution >= 4 is 5.97 Å². The fourth-order valence-corrected chi connectivity index (χ4v) is 1.73. The first-order chi connectivity index (χ1) is 8.07. The van der Waals surface area contributed by atoms with Crippen LogP contribution in [0.25, 0.3) is 0 Å². The fourth-order valence-electron chi connectivity index (χ4n) is 1.73. The predicted octanol–water partition coefficient (Wildman–Crippen LogP) is 2.18. The molecule has 0 aromatic rings. The molecule has 0 heterocycles. The third-order valence-corrected chi connectivity index (χ3v) is 2.46. The zero-order valence-electron chi connectivity index (χ0n) is 10.6. The van der Waals surface area contributed by atoms with Crippen LogP contribution in [-0.2, 0) is 19.0 Å². The number of rotatable bonds is 4. The monoisotopic (exact) mass is 238 g/mol. The molecule has 1 aliphatic carbocycles. The Balaban J connectivity index is 3.04. The van der Waals surface area contributed by atoms with E-state index in [0.717, 1.165) is 0 Å². The van der Waals surface area contributed by atoms with Crippen LogP contribution in [-0.4, -0.2) is 26.0 Å². The third-order valence-electron chi connectivity index (χ3n) is 2.46. The topological polar surface area (TPSA) is 44.8 Å². The number of allylic oxidation sites excluding steroid dienone is 4. The van der Waals surface area contributed by atoms with Crippen LogP contribution < -0.4 is 0 Å². The zero-order valence-corrected chi connectivity index (χ0v) is 10.6. The van der Waals surface area contributed by atoms with Gasteiger partial charge in [-0.3, -0.25) is 4.79 Å². The Morgan fingerprint density at radius 2 is 2.18 bits per heavy atom. The van der Waals surface area contributed by atoms with Gasteiger partial charge in [-0.2, -0.15) is 0 Å². The summed E-state index contributed by atoms with van der Waals surface area (Å²) in [6.45, 7) is 3.28. The lowest BCUT2D eigenvalue weighted by Gasteiger charge is -2.32. The van der Waals surface area contributed by atoms with E-state index < -0.39 is 11.8 Å². The van der Waals surface area contributed by atoms with E-state index in [9.17, 15) is 4.79 Å². The molecule has 2 unspecified atom stereocenters. The molecule has 0 bridgehead atoms. The van der Waals surface area contributed by atoms with Gasteiger partial charge in [0.25, 0.3) is 5.79 Å². The standard InChI is InChI=1S/C13H18O4/c1-5-6-11-7-8-13(16-4,17-10(2)14)12(9-11)15-3/h5-9,11H,1-4H3/b6-5-. The van der Waals surface area contributed by atoms with Gasteiger partial charge in [-0.1, -0.05) is 18.2 Å². The van der Waals surface area contributed by atoms with Crippen LogP contribution in [0, 0.1) is 5.92 Å². The van der Waals surface area contributed by atoms with E-state index in [0.29, 0.717) is 5.76 Å². The summed E-state index contributed by atoms with van der Waals surface area (Å²) in [5, 5.41) is 0. The summed E-state index contributed by atoms with van der Waals surface area (Å²) >= 11 is 0. The quantitative estimate of drug-likeness (QED) is 0.428. The molecule has 1 rings (SSSR count). The Labute approximate surface area is 102 Å². The Morgan fingerprint density at radius 3 is 2.65 bits per heavy atom. The molecule has 0 saturated heterocycles. The summed E-state index contributed by atoms with van der Waals surface area (Å²) in [6, 6.07) is 0. The highest BCUT2D eigenvalue weighted by Gasteiger charge is 2.39. The van der Waals surface area contributed by atoms with Gasteiger partial charge in [-0.05, 0) is 19.1 Å². The molecule has 0 aromatic carbocycles. The smallest absolute Gasteiger partial charge is 0.305 e. The average molecular weight is 238 g/mol. The number of carbonyl (C=O) groups excluding carboxylic acids is 1. The maximum absolute atomic E-state index is 11.1. The molecule has 2 atom stereocenters. The fraction of sp³-hybridized carbons (Fsp3) is 0.462. The summed E-state index contributed by atoms with van der Waals surface area (Å²) in [5.41, 5.74) is 0. The molecule has 17 heavy (non-hydrogen) atoms. The van der Waals surface area contributed by atoms with Gasteiger partial charge in [0.15, 0.2) is 5.76 Å². The van der Waals surface area contributed by atoms with Crippen LogP contribution in [0.3, 0.4) is 0 Å². The molecular weight excluding hydrogens is 220 g/mol. The lowest BCUT2D eigenvalue weighted by atomic mass is 9.97. The lowest BCUT2D eigenvalue weighted by molar-refractivity contribution is -0.196. The minimum absolute atomic E-state index is 0.119. The number of carbonyl (C=O) groups is 1. The van der Waals surface area contributed by atoms with E-state index in [4.69, 9.17) is 14.2 Å². The first kappa shape index (κ1) is 13.5. The molecule has 4 heteroatoms. The van der Waals surface area contributed by atoms with Gasteiger partial charge in [-0.25, -0.2) is 0 Å². The summed E-state index contributed by atoms with van der Waals surface area (Å²) < 4.78 is 15.7. The first-order valence-electron chi connectivity index (χ1n) is 5.41. The molecule has 0 aliphatic heterocycles. The second-order valence-corrected chi connectivity index (χ2v) is 3.66. The molecule has 1 aliphatic rings. The Bertz CT molecular complexity index is 368. The molecule has 94 valence electrons. The van der Waals surface area contributed by atoms with Crippen molar-refractivity contribution in [1.82, 2.24) is 0 Å². The lowest BCUT2D eigenvalue weighted by Crippen LogP contribution is -2.39. The van der Waals surface area contributed by atoms with Gasteiger partial charge < -0.3 is 14.2 Å². The molecule has 4 nitrogen and oxygen atoms in total. The maximum Gasteiger partial charge on any atom is 0.305 e. The number of ether oxygens (including phenoxy) is 3. The van der Waals surface area contributed by atoms with Crippen molar-refractivity contribution in [2.75, 3.05) is 14.2 Å². The molecule has 0 radical (unpaired) electrons. The van der Waals surface area contributed by atoms with Crippen LogP contribution in [0.2, 0.25) is 0 Å². The van der Waals surface area contributed by atoms with Crippen molar-refractivity contribution < 1.29 is 19.0 Å². The number of methoxy groups -OCH3 is 2. The summed E-state index contributed by atoms with van der Waals surface area (Å²) in [5.74, 6) is -1.07. The van der Waals surface area contributed by atoms with E-state index in [-0.39, 0.29) is 5.92 Å². The third kappa shape index (κ3) is 2.97. The average Bonchev–Trinajstić information content (AvgIpc) is 2.30. The minimum atomic E-state index is -1.24. The molecule has 0 amide bonds. The first-order valence-corrected chi connectivity index (χ1v) is 5.41. The maximum atomic E-state index is 11.1. The summed E-state index contributed by atoms with van der Waals surface area (Å²) in [6.07, 6.45) is 9.40. The van der Waals surface area contributed by atoms with Crippen molar-refractivity contribution in [3.05, 3.63) is 36.1 Å². The number of esters is 1. The normalized spacial score (nSPS) is 28.0. The summed E-state index contributed by atoms with van der Waals surface area (Å²) in [4.78, 5) is 11.1. The van der Waals surface area contributed by atoms with Crippen molar-refractivity contribution in [3.63, 3.8) is 0 Å².